The molecule has 0 heterocycles. The molecule has 1 aromatic carbocycles. The third kappa shape index (κ3) is 4.50. The molecule has 0 aliphatic heterocycles. The van der Waals surface area contributed by atoms with Crippen molar-refractivity contribution in [3.63, 3.8) is 0 Å². The summed E-state index contributed by atoms with van der Waals surface area (Å²) in [6, 6.07) is 6.36. The van der Waals surface area contributed by atoms with Gasteiger partial charge in [0.15, 0.2) is 0 Å². The van der Waals surface area contributed by atoms with Gasteiger partial charge in [-0.25, -0.2) is 4.79 Å². The van der Waals surface area contributed by atoms with E-state index in [0.717, 1.165) is 0 Å². The number of para-hydroxylation sites is 1. The molecule has 3 nitrogen and oxygen atoms in total. The number of nitrogens with two attached hydrogens (primary N) is 1. The fraction of sp³-hybridized carbons (Fsp3) is 0.364. The Morgan fingerprint density at radius 1 is 1.29 bits per heavy atom. The zero-order valence-electron chi connectivity index (χ0n) is 8.66. The predicted molar refractivity (Wildman–Crippen MR) is 58.4 cm³/mol. The maximum atomic E-state index is 10.3. The van der Waals surface area contributed by atoms with E-state index >= 15 is 0 Å². The van der Waals surface area contributed by atoms with Gasteiger partial charge in [0.05, 0.1) is 5.56 Å². The Balaban J connectivity index is 0.000000364. The number of anilines is 1. The van der Waals surface area contributed by atoms with Gasteiger partial charge in [-0.1, -0.05) is 38.8 Å². The van der Waals surface area contributed by atoms with Crippen molar-refractivity contribution in [2.75, 3.05) is 5.73 Å². The second-order valence-corrected chi connectivity index (χ2v) is 2.89. The molecule has 0 unspecified atom stereocenters. The number of hydrogen-bond acceptors (Lipinski definition) is 2. The van der Waals surface area contributed by atoms with Crippen LogP contribution in [0.4, 0.5) is 5.69 Å². The molecule has 3 N–H and O–H groups in total. The lowest BCUT2D eigenvalue weighted by Crippen LogP contribution is -2.00. The number of nitrogen functional groups attached to an aromatic ring is 1. The Kier molecular flexibility index (Phi) is 6.20. The van der Waals surface area contributed by atoms with E-state index in [-0.39, 0.29) is 5.56 Å². The average Bonchev–Trinajstić information content (AvgIpc) is 2.18. The van der Waals surface area contributed by atoms with Gasteiger partial charge in [0, 0.05) is 5.69 Å². The number of rotatable bonds is 2. The largest absolute Gasteiger partial charge is 0.478 e. The molecule has 78 valence electrons. The fourth-order valence-electron chi connectivity index (χ4n) is 0.692. The lowest BCUT2D eigenvalue weighted by Gasteiger charge is -1.96. The van der Waals surface area contributed by atoms with Crippen LogP contribution in [0, 0.1) is 0 Å². The summed E-state index contributed by atoms with van der Waals surface area (Å²) in [6.07, 6.45) is 2.64. The quantitative estimate of drug-likeness (QED) is 0.713. The maximum absolute atomic E-state index is 10.3. The molecular formula is C11H17NO2. The van der Waals surface area contributed by atoms with E-state index in [1.54, 1.807) is 18.2 Å². The maximum Gasteiger partial charge on any atom is 0.337 e. The van der Waals surface area contributed by atoms with Gasteiger partial charge in [-0.05, 0) is 12.1 Å². The SMILES string of the molecule is CCCC.Nc1ccccc1C(=O)O. The lowest BCUT2D eigenvalue weighted by molar-refractivity contribution is 0.0698. The van der Waals surface area contributed by atoms with E-state index in [9.17, 15) is 4.79 Å². The normalized spacial score (nSPS) is 8.71. The van der Waals surface area contributed by atoms with Crippen molar-refractivity contribution < 1.29 is 9.90 Å². The smallest absolute Gasteiger partial charge is 0.337 e. The molecule has 1 rings (SSSR count). The second-order valence-electron chi connectivity index (χ2n) is 2.89. The summed E-state index contributed by atoms with van der Waals surface area (Å²) in [5, 5.41) is 8.49. The van der Waals surface area contributed by atoms with Gasteiger partial charge in [-0.15, -0.1) is 0 Å². The predicted octanol–water partition coefficient (Wildman–Crippen LogP) is 2.77. The van der Waals surface area contributed by atoms with E-state index < -0.39 is 5.97 Å². The van der Waals surface area contributed by atoms with Crippen LogP contribution in [-0.2, 0) is 0 Å². The molecule has 0 atom stereocenters. The first-order valence-electron chi connectivity index (χ1n) is 4.71. The number of carboxylic acid groups (broad SMARTS) is 1. The highest BCUT2D eigenvalue weighted by atomic mass is 16.4. The highest BCUT2D eigenvalue weighted by Gasteiger charge is 2.03. The van der Waals surface area contributed by atoms with E-state index in [2.05, 4.69) is 13.8 Å². The van der Waals surface area contributed by atoms with Gasteiger partial charge in [0.25, 0.3) is 0 Å². The van der Waals surface area contributed by atoms with Gasteiger partial charge in [-0.2, -0.15) is 0 Å². The zero-order chi connectivity index (χ0) is 11.0. The highest BCUT2D eigenvalue weighted by Crippen LogP contribution is 2.08. The van der Waals surface area contributed by atoms with Crippen LogP contribution in [0.3, 0.4) is 0 Å². The van der Waals surface area contributed by atoms with Crippen molar-refractivity contribution >= 4 is 11.7 Å². The number of benzene rings is 1. The Labute approximate surface area is 84.6 Å². The molecule has 0 aromatic heterocycles. The average molecular weight is 195 g/mol. The van der Waals surface area contributed by atoms with Gasteiger partial charge in [-0.3, -0.25) is 0 Å². The Bertz CT molecular complexity index is 282. The first-order chi connectivity index (χ1) is 6.63. The van der Waals surface area contributed by atoms with Crippen molar-refractivity contribution in [3.8, 4) is 0 Å². The summed E-state index contributed by atoms with van der Waals surface area (Å²) in [5.74, 6) is -0.988. The molecular weight excluding hydrogens is 178 g/mol. The lowest BCUT2D eigenvalue weighted by atomic mass is 10.2. The number of carboxylic acids is 1. The standard InChI is InChI=1S/C7H7NO2.C4H10/c8-6-4-2-1-3-5(6)7(9)10;1-3-4-2/h1-4H,8H2,(H,9,10);3-4H2,1-2H3. The zero-order valence-corrected chi connectivity index (χ0v) is 8.66. The summed E-state index contributed by atoms with van der Waals surface area (Å²) in [5.41, 5.74) is 5.80. The fourth-order valence-corrected chi connectivity index (χ4v) is 0.692. The van der Waals surface area contributed by atoms with Gasteiger partial charge in [0.1, 0.15) is 0 Å². The van der Waals surface area contributed by atoms with Crippen LogP contribution in [0.25, 0.3) is 0 Å². The van der Waals surface area contributed by atoms with Crippen LogP contribution in [0.5, 0.6) is 0 Å². The van der Waals surface area contributed by atoms with Crippen molar-refractivity contribution in [3.05, 3.63) is 29.8 Å². The molecule has 0 aliphatic carbocycles. The van der Waals surface area contributed by atoms with Gasteiger partial charge in [0.2, 0.25) is 0 Å². The minimum atomic E-state index is -0.988. The van der Waals surface area contributed by atoms with Crippen molar-refractivity contribution in [1.82, 2.24) is 0 Å². The molecule has 0 aliphatic rings. The summed E-state index contributed by atoms with van der Waals surface area (Å²) < 4.78 is 0. The molecule has 1 aromatic rings. The van der Waals surface area contributed by atoms with E-state index in [1.807, 2.05) is 0 Å². The Morgan fingerprint density at radius 2 is 1.79 bits per heavy atom. The molecule has 0 saturated carbocycles. The summed E-state index contributed by atoms with van der Waals surface area (Å²) >= 11 is 0. The summed E-state index contributed by atoms with van der Waals surface area (Å²) in [6.45, 7) is 4.36. The second kappa shape index (κ2) is 6.95. The van der Waals surface area contributed by atoms with Gasteiger partial charge >= 0.3 is 5.97 Å². The minimum Gasteiger partial charge on any atom is -0.478 e. The van der Waals surface area contributed by atoms with Crippen molar-refractivity contribution in [1.29, 1.82) is 0 Å². The number of unbranched alkanes of at least 4 members (excludes halogenated alkanes) is 1. The molecule has 0 radical (unpaired) electrons. The third-order valence-corrected chi connectivity index (χ3v) is 1.69. The first kappa shape index (κ1) is 12.5. The molecule has 14 heavy (non-hydrogen) atoms. The number of aromatic carboxylic acids is 1. The molecule has 0 bridgehead atoms. The van der Waals surface area contributed by atoms with Crippen LogP contribution in [0.1, 0.15) is 37.0 Å². The molecule has 0 spiro atoms. The van der Waals surface area contributed by atoms with Crippen molar-refractivity contribution in [2.45, 2.75) is 26.7 Å². The molecule has 3 heteroatoms. The summed E-state index contributed by atoms with van der Waals surface area (Å²) in [7, 11) is 0. The molecule has 0 amide bonds. The summed E-state index contributed by atoms with van der Waals surface area (Å²) in [4.78, 5) is 10.3. The number of carbonyl (C=O) groups is 1. The Hall–Kier alpha value is -1.51. The van der Waals surface area contributed by atoms with Crippen LogP contribution < -0.4 is 5.73 Å². The van der Waals surface area contributed by atoms with Crippen LogP contribution in [0.2, 0.25) is 0 Å². The van der Waals surface area contributed by atoms with Crippen LogP contribution in [-0.4, -0.2) is 11.1 Å². The molecule has 0 fully saturated rings. The van der Waals surface area contributed by atoms with Crippen LogP contribution >= 0.6 is 0 Å². The monoisotopic (exact) mass is 195 g/mol. The molecule has 0 saturated heterocycles. The topological polar surface area (TPSA) is 63.3 Å². The highest BCUT2D eigenvalue weighted by molar-refractivity contribution is 5.93. The van der Waals surface area contributed by atoms with Gasteiger partial charge < -0.3 is 10.8 Å². The van der Waals surface area contributed by atoms with E-state index in [4.69, 9.17) is 10.8 Å². The third-order valence-electron chi connectivity index (χ3n) is 1.69. The van der Waals surface area contributed by atoms with Crippen LogP contribution in [0.15, 0.2) is 24.3 Å². The van der Waals surface area contributed by atoms with Crippen molar-refractivity contribution in [2.24, 2.45) is 0 Å². The van der Waals surface area contributed by atoms with E-state index in [0.29, 0.717) is 5.69 Å². The van der Waals surface area contributed by atoms with E-state index in [1.165, 1.54) is 18.9 Å². The number of hydrogen-bond donors (Lipinski definition) is 2. The first-order valence-corrected chi connectivity index (χ1v) is 4.71. The Morgan fingerprint density at radius 3 is 2.07 bits per heavy atom. The minimum absolute atomic E-state index is 0.155.